The van der Waals surface area contributed by atoms with Crippen molar-refractivity contribution in [1.29, 1.82) is 0 Å². The summed E-state index contributed by atoms with van der Waals surface area (Å²) in [6.07, 6.45) is 13.2. The second kappa shape index (κ2) is 5.79. The number of rotatable bonds is 5. The normalized spacial score (nSPS) is 30.5. The van der Waals surface area contributed by atoms with Crippen LogP contribution in [-0.2, 0) is 6.42 Å². The molecule has 2 heteroatoms. The zero-order valence-electron chi connectivity index (χ0n) is 14.0. The lowest BCUT2D eigenvalue weighted by Gasteiger charge is -2.44. The molecule has 118 valence electrons. The average molecular weight is 289 g/mol. The van der Waals surface area contributed by atoms with Gasteiger partial charge in [0.25, 0.3) is 0 Å². The molecule has 1 aromatic heterocycles. The van der Waals surface area contributed by atoms with Crippen molar-refractivity contribution in [1.82, 2.24) is 5.32 Å². The molecule has 2 saturated carbocycles. The minimum atomic E-state index is 0.453. The van der Waals surface area contributed by atoms with E-state index in [-0.39, 0.29) is 0 Å². The third-order valence-electron chi connectivity index (χ3n) is 5.77. The van der Waals surface area contributed by atoms with Crippen molar-refractivity contribution in [3.05, 3.63) is 24.2 Å². The smallest absolute Gasteiger partial charge is 0.0934 e. The molecule has 0 unspecified atom stereocenters. The quantitative estimate of drug-likeness (QED) is 0.842. The Morgan fingerprint density at radius 3 is 2.43 bits per heavy atom. The third-order valence-corrected chi connectivity index (χ3v) is 5.77. The maximum Gasteiger partial charge on any atom is 0.0934 e. The molecule has 1 N–H and O–H groups in total. The zero-order chi connectivity index (χ0) is 14.9. The molecule has 2 aliphatic rings. The van der Waals surface area contributed by atoms with Crippen LogP contribution < -0.4 is 5.32 Å². The Bertz CT molecular complexity index is 431. The van der Waals surface area contributed by atoms with Crippen LogP contribution in [-0.4, -0.2) is 12.6 Å². The van der Waals surface area contributed by atoms with Crippen LogP contribution in [0.5, 0.6) is 0 Å². The molecule has 0 atom stereocenters. The molecule has 1 heterocycles. The van der Waals surface area contributed by atoms with Gasteiger partial charge in [-0.1, -0.05) is 20.8 Å². The van der Waals surface area contributed by atoms with E-state index in [1.165, 1.54) is 57.1 Å². The zero-order valence-corrected chi connectivity index (χ0v) is 14.0. The number of hydrogen-bond donors (Lipinski definition) is 1. The molecule has 2 nitrogen and oxygen atoms in total. The minimum Gasteiger partial charge on any atom is -0.472 e. The van der Waals surface area contributed by atoms with Gasteiger partial charge in [-0.2, -0.15) is 0 Å². The van der Waals surface area contributed by atoms with Crippen LogP contribution in [0.2, 0.25) is 0 Å². The summed E-state index contributed by atoms with van der Waals surface area (Å²) in [5.41, 5.74) is 2.29. The molecular weight excluding hydrogens is 258 g/mol. The first-order valence-electron chi connectivity index (χ1n) is 8.71. The van der Waals surface area contributed by atoms with E-state index in [1.807, 2.05) is 12.5 Å². The Kier molecular flexibility index (Phi) is 4.18. The Labute approximate surface area is 129 Å². The first-order chi connectivity index (χ1) is 9.97. The Balaban J connectivity index is 1.65. The summed E-state index contributed by atoms with van der Waals surface area (Å²) in [6.45, 7) is 8.41. The Morgan fingerprint density at radius 1 is 1.19 bits per heavy atom. The molecule has 0 aliphatic heterocycles. The second-order valence-corrected chi connectivity index (χ2v) is 8.60. The fourth-order valence-corrected chi connectivity index (χ4v) is 3.99. The van der Waals surface area contributed by atoms with Gasteiger partial charge >= 0.3 is 0 Å². The van der Waals surface area contributed by atoms with Gasteiger partial charge in [0.2, 0.25) is 0 Å². The highest BCUT2D eigenvalue weighted by Gasteiger charge is 2.39. The maximum atomic E-state index is 5.29. The predicted octanol–water partition coefficient (Wildman–Crippen LogP) is 4.80. The van der Waals surface area contributed by atoms with Crippen LogP contribution in [0.1, 0.15) is 64.9 Å². The van der Waals surface area contributed by atoms with Crippen LogP contribution >= 0.6 is 0 Å². The monoisotopic (exact) mass is 289 g/mol. The van der Waals surface area contributed by atoms with Gasteiger partial charge in [0.1, 0.15) is 0 Å². The fourth-order valence-electron chi connectivity index (χ4n) is 3.99. The van der Waals surface area contributed by atoms with E-state index in [9.17, 15) is 0 Å². The standard InChI is InChI=1S/C19H31NO/c1-18(2,3)16-6-9-19(10-7-16,14-20-17-4-5-17)12-15-8-11-21-13-15/h8,11,13,16-17,20H,4-7,9-10,12,14H2,1-3H3. The SMILES string of the molecule is CC(C)(C)C1CCC(CNC2CC2)(Cc2ccoc2)CC1. The van der Waals surface area contributed by atoms with Crippen LogP contribution in [0.25, 0.3) is 0 Å². The minimum absolute atomic E-state index is 0.453. The summed E-state index contributed by atoms with van der Waals surface area (Å²) >= 11 is 0. The van der Waals surface area contributed by atoms with Gasteiger partial charge in [0.05, 0.1) is 12.5 Å². The van der Waals surface area contributed by atoms with Crippen molar-refractivity contribution in [2.75, 3.05) is 6.54 Å². The molecule has 21 heavy (non-hydrogen) atoms. The molecule has 0 aromatic carbocycles. The summed E-state index contributed by atoms with van der Waals surface area (Å²) in [4.78, 5) is 0. The van der Waals surface area contributed by atoms with E-state index in [0.29, 0.717) is 10.8 Å². The molecule has 2 aliphatic carbocycles. The van der Waals surface area contributed by atoms with Crippen molar-refractivity contribution < 1.29 is 4.42 Å². The first kappa shape index (κ1) is 15.1. The lowest BCUT2D eigenvalue weighted by Crippen LogP contribution is -2.41. The van der Waals surface area contributed by atoms with Gasteiger partial charge in [0, 0.05) is 12.6 Å². The maximum absolute atomic E-state index is 5.29. The summed E-state index contributed by atoms with van der Waals surface area (Å²) in [7, 11) is 0. The van der Waals surface area contributed by atoms with Crippen molar-refractivity contribution >= 4 is 0 Å². The lowest BCUT2D eigenvalue weighted by molar-refractivity contribution is 0.0858. The van der Waals surface area contributed by atoms with Crippen LogP contribution in [0.4, 0.5) is 0 Å². The molecule has 1 aromatic rings. The van der Waals surface area contributed by atoms with Gasteiger partial charge in [-0.15, -0.1) is 0 Å². The summed E-state index contributed by atoms with van der Waals surface area (Å²) in [5, 5.41) is 3.80. The molecule has 3 rings (SSSR count). The first-order valence-corrected chi connectivity index (χ1v) is 8.71. The highest BCUT2D eigenvalue weighted by molar-refractivity contribution is 5.10. The summed E-state index contributed by atoms with van der Waals surface area (Å²) in [5.74, 6) is 0.885. The molecule has 0 spiro atoms. The molecule has 0 bridgehead atoms. The van der Waals surface area contributed by atoms with Crippen LogP contribution in [0.15, 0.2) is 23.0 Å². The average Bonchev–Trinajstić information content (AvgIpc) is 3.13. The second-order valence-electron chi connectivity index (χ2n) is 8.60. The summed E-state index contributed by atoms with van der Waals surface area (Å²) < 4.78 is 5.29. The lowest BCUT2D eigenvalue weighted by atomic mass is 9.62. The van der Waals surface area contributed by atoms with E-state index >= 15 is 0 Å². The number of nitrogens with one attached hydrogen (secondary N) is 1. The Hall–Kier alpha value is -0.760. The van der Waals surface area contributed by atoms with Crippen LogP contribution in [0, 0.1) is 16.7 Å². The van der Waals surface area contributed by atoms with Crippen molar-refractivity contribution in [2.45, 2.75) is 71.8 Å². The highest BCUT2D eigenvalue weighted by atomic mass is 16.3. The van der Waals surface area contributed by atoms with E-state index in [0.717, 1.165) is 12.0 Å². The highest BCUT2D eigenvalue weighted by Crippen LogP contribution is 2.47. The van der Waals surface area contributed by atoms with E-state index in [2.05, 4.69) is 32.2 Å². The largest absolute Gasteiger partial charge is 0.472 e. The topological polar surface area (TPSA) is 25.2 Å². The predicted molar refractivity (Wildman–Crippen MR) is 87.3 cm³/mol. The van der Waals surface area contributed by atoms with Gasteiger partial charge < -0.3 is 9.73 Å². The van der Waals surface area contributed by atoms with Crippen molar-refractivity contribution in [3.63, 3.8) is 0 Å². The van der Waals surface area contributed by atoms with Crippen molar-refractivity contribution in [2.24, 2.45) is 16.7 Å². The van der Waals surface area contributed by atoms with Gasteiger partial charge in [-0.05, 0) is 73.3 Å². The molecule has 0 radical (unpaired) electrons. The molecular formula is C19H31NO. The van der Waals surface area contributed by atoms with E-state index in [1.54, 1.807) is 0 Å². The Morgan fingerprint density at radius 2 is 1.90 bits per heavy atom. The molecule has 2 fully saturated rings. The van der Waals surface area contributed by atoms with Gasteiger partial charge in [0.15, 0.2) is 0 Å². The van der Waals surface area contributed by atoms with E-state index < -0.39 is 0 Å². The molecule has 0 amide bonds. The third kappa shape index (κ3) is 3.91. The van der Waals surface area contributed by atoms with Crippen molar-refractivity contribution in [3.8, 4) is 0 Å². The number of furan rings is 1. The van der Waals surface area contributed by atoms with E-state index in [4.69, 9.17) is 4.42 Å². The van der Waals surface area contributed by atoms with Gasteiger partial charge in [-0.3, -0.25) is 0 Å². The fraction of sp³-hybridized carbons (Fsp3) is 0.789. The van der Waals surface area contributed by atoms with Crippen LogP contribution in [0.3, 0.4) is 0 Å². The summed E-state index contributed by atoms with van der Waals surface area (Å²) in [6, 6.07) is 2.96. The number of hydrogen-bond acceptors (Lipinski definition) is 2. The van der Waals surface area contributed by atoms with Gasteiger partial charge in [-0.25, -0.2) is 0 Å². The molecule has 0 saturated heterocycles.